The molecule has 1 aromatic carbocycles. The predicted molar refractivity (Wildman–Crippen MR) is 87.1 cm³/mol. The van der Waals surface area contributed by atoms with Crippen molar-refractivity contribution in [1.29, 1.82) is 0 Å². The van der Waals surface area contributed by atoms with Crippen LogP contribution in [0.25, 0.3) is 6.08 Å². The van der Waals surface area contributed by atoms with Crippen LogP contribution in [0.1, 0.15) is 21.6 Å². The first-order valence-corrected chi connectivity index (χ1v) is 6.73. The number of allylic oxidation sites excluding steroid dienone is 1. The average Bonchev–Trinajstić information content (AvgIpc) is 2.55. The lowest BCUT2D eigenvalue weighted by Gasteiger charge is -1.98. The van der Waals surface area contributed by atoms with Crippen molar-refractivity contribution in [2.45, 2.75) is 6.92 Å². The van der Waals surface area contributed by atoms with Crippen molar-refractivity contribution < 1.29 is 9.72 Å². The van der Waals surface area contributed by atoms with Gasteiger partial charge in [0.15, 0.2) is 0 Å². The third-order valence-corrected chi connectivity index (χ3v) is 2.89. The standard InChI is InChI=1S/C16H14N4O3/c1-12-4-7-14(11-17-12)16(21)19-18-10-2-3-13-5-8-15(9-6-13)20(22)23/h2-11H,1H3,(H,19,21)/b3-2+,18-10+. The van der Waals surface area contributed by atoms with E-state index in [-0.39, 0.29) is 11.6 Å². The summed E-state index contributed by atoms with van der Waals surface area (Å²) in [5, 5.41) is 14.3. The summed E-state index contributed by atoms with van der Waals surface area (Å²) in [6.07, 6.45) is 6.23. The number of aryl methyl sites for hydroxylation is 1. The molecule has 1 aromatic heterocycles. The van der Waals surface area contributed by atoms with E-state index in [0.29, 0.717) is 5.56 Å². The van der Waals surface area contributed by atoms with Crippen LogP contribution in [-0.2, 0) is 0 Å². The molecule has 1 amide bonds. The highest BCUT2D eigenvalue weighted by Crippen LogP contribution is 2.12. The summed E-state index contributed by atoms with van der Waals surface area (Å²) < 4.78 is 0. The molecule has 0 aliphatic carbocycles. The number of hydrogen-bond donors (Lipinski definition) is 1. The quantitative estimate of drug-likeness (QED) is 0.521. The van der Waals surface area contributed by atoms with Crippen molar-refractivity contribution in [2.24, 2.45) is 5.10 Å². The number of rotatable bonds is 5. The van der Waals surface area contributed by atoms with E-state index in [1.807, 2.05) is 6.92 Å². The van der Waals surface area contributed by atoms with E-state index in [4.69, 9.17) is 0 Å². The lowest BCUT2D eigenvalue weighted by molar-refractivity contribution is -0.384. The fraction of sp³-hybridized carbons (Fsp3) is 0.0625. The van der Waals surface area contributed by atoms with Gasteiger partial charge in [0.25, 0.3) is 11.6 Å². The number of hydrazone groups is 1. The van der Waals surface area contributed by atoms with Gasteiger partial charge < -0.3 is 0 Å². The largest absolute Gasteiger partial charge is 0.272 e. The minimum Gasteiger partial charge on any atom is -0.267 e. The summed E-state index contributed by atoms with van der Waals surface area (Å²) in [7, 11) is 0. The van der Waals surface area contributed by atoms with Crippen molar-refractivity contribution in [1.82, 2.24) is 10.4 Å². The van der Waals surface area contributed by atoms with Crippen LogP contribution >= 0.6 is 0 Å². The summed E-state index contributed by atoms with van der Waals surface area (Å²) in [5.74, 6) is -0.350. The molecule has 0 spiro atoms. The zero-order valence-electron chi connectivity index (χ0n) is 12.3. The number of nitro benzene ring substituents is 1. The third-order valence-electron chi connectivity index (χ3n) is 2.89. The van der Waals surface area contributed by atoms with Crippen LogP contribution in [0, 0.1) is 17.0 Å². The van der Waals surface area contributed by atoms with Crippen molar-refractivity contribution in [3.8, 4) is 0 Å². The summed E-state index contributed by atoms with van der Waals surface area (Å²) in [6, 6.07) is 9.50. The van der Waals surface area contributed by atoms with Gasteiger partial charge in [0.05, 0.1) is 10.5 Å². The van der Waals surface area contributed by atoms with Gasteiger partial charge in [0.1, 0.15) is 0 Å². The molecule has 0 radical (unpaired) electrons. The van der Waals surface area contributed by atoms with Gasteiger partial charge in [-0.15, -0.1) is 0 Å². The molecule has 0 unspecified atom stereocenters. The van der Waals surface area contributed by atoms with Gasteiger partial charge in [-0.3, -0.25) is 19.9 Å². The molecule has 0 atom stereocenters. The van der Waals surface area contributed by atoms with Gasteiger partial charge >= 0.3 is 0 Å². The van der Waals surface area contributed by atoms with Crippen LogP contribution in [0.5, 0.6) is 0 Å². The Kier molecular flexibility index (Phi) is 5.30. The molecule has 23 heavy (non-hydrogen) atoms. The number of benzene rings is 1. The molecular formula is C16H14N4O3. The smallest absolute Gasteiger partial charge is 0.267 e. The maximum absolute atomic E-state index is 11.7. The molecule has 7 heteroatoms. The Morgan fingerprint density at radius 3 is 2.61 bits per heavy atom. The molecule has 2 rings (SSSR count). The fourth-order valence-corrected chi connectivity index (χ4v) is 1.67. The van der Waals surface area contributed by atoms with Gasteiger partial charge in [0.2, 0.25) is 0 Å². The number of pyridine rings is 1. The lowest BCUT2D eigenvalue weighted by atomic mass is 10.2. The van der Waals surface area contributed by atoms with E-state index in [1.54, 1.807) is 36.4 Å². The molecule has 0 aliphatic rings. The number of aromatic nitrogens is 1. The van der Waals surface area contributed by atoms with Crippen LogP contribution < -0.4 is 5.43 Å². The van der Waals surface area contributed by atoms with E-state index in [9.17, 15) is 14.9 Å². The number of carbonyl (C=O) groups is 1. The topological polar surface area (TPSA) is 97.5 Å². The molecule has 0 aliphatic heterocycles. The molecule has 116 valence electrons. The van der Waals surface area contributed by atoms with E-state index in [0.717, 1.165) is 11.3 Å². The van der Waals surface area contributed by atoms with Gasteiger partial charge in [-0.1, -0.05) is 6.08 Å². The Labute approximate surface area is 132 Å². The Balaban J connectivity index is 1.87. The molecule has 1 heterocycles. The summed E-state index contributed by atoms with van der Waals surface area (Å²) in [5.41, 5.74) is 4.46. The Bertz CT molecular complexity index is 750. The molecule has 2 aromatic rings. The highest BCUT2D eigenvalue weighted by Gasteiger charge is 2.03. The highest BCUT2D eigenvalue weighted by atomic mass is 16.6. The number of nitrogens with one attached hydrogen (secondary N) is 1. The maximum Gasteiger partial charge on any atom is 0.272 e. The minimum absolute atomic E-state index is 0.0368. The Hall–Kier alpha value is -3.35. The zero-order chi connectivity index (χ0) is 16.7. The van der Waals surface area contributed by atoms with Crippen LogP contribution in [0.2, 0.25) is 0 Å². The molecule has 7 nitrogen and oxygen atoms in total. The number of nitrogens with zero attached hydrogens (tertiary/aromatic N) is 3. The van der Waals surface area contributed by atoms with Gasteiger partial charge in [-0.2, -0.15) is 5.10 Å². The lowest BCUT2D eigenvalue weighted by Crippen LogP contribution is -2.17. The number of amides is 1. The second kappa shape index (κ2) is 7.60. The normalized spacial score (nSPS) is 11.0. The number of non-ortho nitro benzene ring substituents is 1. The van der Waals surface area contributed by atoms with Crippen molar-refractivity contribution in [3.05, 3.63) is 75.6 Å². The SMILES string of the molecule is Cc1ccc(C(=O)N/N=C/C=C/c2ccc([N+](=O)[O-])cc2)cn1. The van der Waals surface area contributed by atoms with Crippen molar-refractivity contribution in [2.75, 3.05) is 0 Å². The fourth-order valence-electron chi connectivity index (χ4n) is 1.67. The molecule has 0 bridgehead atoms. The number of hydrogen-bond acceptors (Lipinski definition) is 5. The summed E-state index contributed by atoms with van der Waals surface area (Å²) in [4.78, 5) is 25.8. The summed E-state index contributed by atoms with van der Waals surface area (Å²) in [6.45, 7) is 1.84. The minimum atomic E-state index is -0.454. The molecule has 0 fully saturated rings. The van der Waals surface area contributed by atoms with Crippen molar-refractivity contribution >= 4 is 23.9 Å². The van der Waals surface area contributed by atoms with Crippen LogP contribution in [0.3, 0.4) is 0 Å². The van der Waals surface area contributed by atoms with Crippen LogP contribution in [-0.4, -0.2) is 22.0 Å². The Morgan fingerprint density at radius 1 is 1.26 bits per heavy atom. The van der Waals surface area contributed by atoms with Gasteiger partial charge in [-0.05, 0) is 42.8 Å². The number of nitro groups is 1. The molecule has 0 saturated carbocycles. The molecule has 1 N–H and O–H groups in total. The zero-order valence-corrected chi connectivity index (χ0v) is 12.3. The predicted octanol–water partition coefficient (Wildman–Crippen LogP) is 2.73. The van der Waals surface area contributed by atoms with E-state index >= 15 is 0 Å². The van der Waals surface area contributed by atoms with Gasteiger partial charge in [0, 0.05) is 30.2 Å². The third kappa shape index (κ3) is 4.85. The van der Waals surface area contributed by atoms with E-state index in [1.165, 1.54) is 24.5 Å². The average molecular weight is 310 g/mol. The second-order valence-electron chi connectivity index (χ2n) is 4.62. The second-order valence-corrected chi connectivity index (χ2v) is 4.62. The van der Waals surface area contributed by atoms with Crippen LogP contribution in [0.15, 0.2) is 53.8 Å². The monoisotopic (exact) mass is 310 g/mol. The van der Waals surface area contributed by atoms with Gasteiger partial charge in [-0.25, -0.2) is 5.43 Å². The first-order valence-electron chi connectivity index (χ1n) is 6.73. The first kappa shape index (κ1) is 16.0. The van der Waals surface area contributed by atoms with Crippen molar-refractivity contribution in [3.63, 3.8) is 0 Å². The first-order chi connectivity index (χ1) is 11.1. The van der Waals surface area contributed by atoms with Crippen LogP contribution in [0.4, 0.5) is 5.69 Å². The van der Waals surface area contributed by atoms with E-state index < -0.39 is 4.92 Å². The van der Waals surface area contributed by atoms with E-state index in [2.05, 4.69) is 15.5 Å². The Morgan fingerprint density at radius 2 is 2.00 bits per heavy atom. The molecule has 0 saturated heterocycles. The maximum atomic E-state index is 11.7. The summed E-state index contributed by atoms with van der Waals surface area (Å²) >= 11 is 0. The molecular weight excluding hydrogens is 296 g/mol. The highest BCUT2D eigenvalue weighted by molar-refractivity contribution is 5.94. The number of carbonyl (C=O) groups excluding carboxylic acids is 1.